The number of carbonyl (C=O) groups is 1. The Balaban J connectivity index is 2.05. The van der Waals surface area contributed by atoms with Crippen LogP contribution >= 0.6 is 11.8 Å². The van der Waals surface area contributed by atoms with Crippen molar-refractivity contribution in [2.45, 2.75) is 25.4 Å². The normalized spacial score (nSPS) is 10.5. The molecule has 106 valence electrons. The molecule has 0 saturated carbocycles. The van der Waals surface area contributed by atoms with E-state index in [1.807, 2.05) is 41.8 Å². The average Bonchev–Trinajstić information content (AvgIpc) is 2.81. The third kappa shape index (κ3) is 3.60. The molecule has 0 radical (unpaired) electrons. The highest BCUT2D eigenvalue weighted by Crippen LogP contribution is 2.22. The summed E-state index contributed by atoms with van der Waals surface area (Å²) in [6, 6.07) is 9.93. The number of aryl methyl sites for hydroxylation is 1. The molecule has 0 spiro atoms. The van der Waals surface area contributed by atoms with E-state index in [0.29, 0.717) is 18.8 Å². The molecule has 0 aliphatic heterocycles. The Morgan fingerprint density at radius 2 is 2.05 bits per heavy atom. The van der Waals surface area contributed by atoms with Gasteiger partial charge in [-0.25, -0.2) is 0 Å². The van der Waals surface area contributed by atoms with Crippen molar-refractivity contribution in [3.05, 3.63) is 36.2 Å². The minimum Gasteiger partial charge on any atom is -0.466 e. The Morgan fingerprint density at radius 3 is 2.75 bits per heavy atom. The van der Waals surface area contributed by atoms with Crippen molar-refractivity contribution in [2.24, 2.45) is 0 Å². The van der Waals surface area contributed by atoms with Crippen molar-refractivity contribution < 1.29 is 9.53 Å². The highest BCUT2D eigenvalue weighted by atomic mass is 32.2. The number of aromatic nitrogens is 3. The third-order valence-corrected chi connectivity index (χ3v) is 3.58. The van der Waals surface area contributed by atoms with Crippen LogP contribution in [0.3, 0.4) is 0 Å². The Kier molecular flexibility index (Phi) is 5.17. The van der Waals surface area contributed by atoms with Crippen LogP contribution in [0.25, 0.3) is 5.69 Å². The summed E-state index contributed by atoms with van der Waals surface area (Å²) in [5, 5.41) is 9.05. The summed E-state index contributed by atoms with van der Waals surface area (Å²) in [6.07, 6.45) is 0.374. The van der Waals surface area contributed by atoms with Crippen molar-refractivity contribution in [1.29, 1.82) is 0 Å². The molecule has 2 rings (SSSR count). The zero-order valence-corrected chi connectivity index (χ0v) is 12.4. The second-order valence-electron chi connectivity index (χ2n) is 4.10. The lowest BCUT2D eigenvalue weighted by molar-refractivity contribution is -0.142. The lowest BCUT2D eigenvalue weighted by atomic mass is 10.3. The number of hydrogen-bond acceptors (Lipinski definition) is 5. The lowest BCUT2D eigenvalue weighted by Gasteiger charge is -2.07. The fraction of sp³-hybridized carbons (Fsp3) is 0.357. The average molecular weight is 291 g/mol. The Labute approximate surface area is 122 Å². The fourth-order valence-corrected chi connectivity index (χ4v) is 2.69. The molecule has 0 unspecified atom stereocenters. The van der Waals surface area contributed by atoms with Gasteiger partial charge in [0.15, 0.2) is 5.16 Å². The van der Waals surface area contributed by atoms with Crippen LogP contribution in [0.2, 0.25) is 0 Å². The number of carbonyl (C=O) groups excluding carboxylic acids is 1. The van der Waals surface area contributed by atoms with Crippen LogP contribution in [-0.4, -0.2) is 33.1 Å². The molecular weight excluding hydrogens is 274 g/mol. The largest absolute Gasteiger partial charge is 0.466 e. The van der Waals surface area contributed by atoms with E-state index in [1.165, 1.54) is 11.8 Å². The predicted molar refractivity (Wildman–Crippen MR) is 78.1 cm³/mol. The summed E-state index contributed by atoms with van der Waals surface area (Å²) >= 11 is 1.51. The van der Waals surface area contributed by atoms with E-state index < -0.39 is 0 Å². The van der Waals surface area contributed by atoms with Crippen LogP contribution in [0.4, 0.5) is 0 Å². The number of thioether (sulfide) groups is 1. The zero-order chi connectivity index (χ0) is 14.4. The molecule has 1 heterocycles. The van der Waals surface area contributed by atoms with Crippen molar-refractivity contribution in [1.82, 2.24) is 14.8 Å². The summed E-state index contributed by atoms with van der Waals surface area (Å²) in [6.45, 7) is 4.14. The maximum Gasteiger partial charge on any atom is 0.306 e. The first-order chi connectivity index (χ1) is 9.72. The standard InChI is InChI=1S/C14H17N3O2S/c1-3-19-13(18)9-10-20-14-16-15-11(2)17(14)12-7-5-4-6-8-12/h4-8H,3,9-10H2,1-2H3. The van der Waals surface area contributed by atoms with Gasteiger partial charge >= 0.3 is 5.97 Å². The van der Waals surface area contributed by atoms with Gasteiger partial charge in [-0.2, -0.15) is 0 Å². The highest BCUT2D eigenvalue weighted by molar-refractivity contribution is 7.99. The van der Waals surface area contributed by atoms with Gasteiger partial charge in [0.2, 0.25) is 0 Å². The van der Waals surface area contributed by atoms with Gasteiger partial charge in [-0.1, -0.05) is 30.0 Å². The van der Waals surface area contributed by atoms with Crippen molar-refractivity contribution in [2.75, 3.05) is 12.4 Å². The number of rotatable bonds is 6. The molecular formula is C14H17N3O2S. The molecule has 0 aliphatic rings. The quantitative estimate of drug-likeness (QED) is 0.605. The molecule has 0 atom stereocenters. The molecule has 2 aromatic rings. The number of esters is 1. The molecule has 0 N–H and O–H groups in total. The van der Waals surface area contributed by atoms with Gasteiger partial charge in [-0.05, 0) is 26.0 Å². The van der Waals surface area contributed by atoms with Crippen LogP contribution in [0.15, 0.2) is 35.5 Å². The third-order valence-electron chi connectivity index (χ3n) is 2.65. The molecule has 0 aliphatic carbocycles. The number of nitrogens with zero attached hydrogens (tertiary/aromatic N) is 3. The van der Waals surface area contributed by atoms with E-state index in [4.69, 9.17) is 4.74 Å². The molecule has 5 nitrogen and oxygen atoms in total. The minimum atomic E-state index is -0.178. The van der Waals surface area contributed by atoms with E-state index in [0.717, 1.165) is 16.7 Å². The summed E-state index contributed by atoms with van der Waals surface area (Å²) in [5.74, 6) is 1.28. The van der Waals surface area contributed by atoms with Gasteiger partial charge in [0.1, 0.15) is 5.82 Å². The van der Waals surface area contributed by atoms with Gasteiger partial charge < -0.3 is 4.74 Å². The topological polar surface area (TPSA) is 57.0 Å². The van der Waals surface area contributed by atoms with Gasteiger partial charge in [-0.3, -0.25) is 9.36 Å². The Hall–Kier alpha value is -1.82. The van der Waals surface area contributed by atoms with E-state index in [9.17, 15) is 4.79 Å². The van der Waals surface area contributed by atoms with E-state index >= 15 is 0 Å². The smallest absolute Gasteiger partial charge is 0.306 e. The minimum absolute atomic E-state index is 0.178. The van der Waals surface area contributed by atoms with Crippen LogP contribution < -0.4 is 0 Å². The van der Waals surface area contributed by atoms with E-state index in [1.54, 1.807) is 6.92 Å². The van der Waals surface area contributed by atoms with Crippen molar-refractivity contribution in [3.8, 4) is 5.69 Å². The first kappa shape index (κ1) is 14.6. The first-order valence-corrected chi connectivity index (χ1v) is 7.46. The second-order valence-corrected chi connectivity index (χ2v) is 5.17. The number of benzene rings is 1. The fourth-order valence-electron chi connectivity index (χ4n) is 1.77. The van der Waals surface area contributed by atoms with Crippen molar-refractivity contribution >= 4 is 17.7 Å². The lowest BCUT2D eigenvalue weighted by Crippen LogP contribution is -2.05. The van der Waals surface area contributed by atoms with E-state index in [2.05, 4.69) is 10.2 Å². The van der Waals surface area contributed by atoms with Gasteiger partial charge in [0.25, 0.3) is 0 Å². The predicted octanol–water partition coefficient (Wildman–Crippen LogP) is 2.62. The molecule has 0 saturated heterocycles. The highest BCUT2D eigenvalue weighted by Gasteiger charge is 2.12. The maximum atomic E-state index is 11.3. The molecule has 0 amide bonds. The summed E-state index contributed by atoms with van der Waals surface area (Å²) in [5.41, 5.74) is 1.02. The number of ether oxygens (including phenoxy) is 1. The molecule has 1 aromatic heterocycles. The van der Waals surface area contributed by atoms with Gasteiger partial charge in [0.05, 0.1) is 13.0 Å². The second kappa shape index (κ2) is 7.09. The van der Waals surface area contributed by atoms with Crippen LogP contribution in [0.5, 0.6) is 0 Å². The molecule has 1 aromatic carbocycles. The maximum absolute atomic E-state index is 11.3. The van der Waals surface area contributed by atoms with Crippen LogP contribution in [0.1, 0.15) is 19.2 Å². The van der Waals surface area contributed by atoms with Crippen molar-refractivity contribution in [3.63, 3.8) is 0 Å². The SMILES string of the molecule is CCOC(=O)CCSc1nnc(C)n1-c1ccccc1. The molecule has 0 fully saturated rings. The molecule has 6 heteroatoms. The van der Waals surface area contributed by atoms with E-state index in [-0.39, 0.29) is 5.97 Å². The van der Waals surface area contributed by atoms with Crippen LogP contribution in [0, 0.1) is 6.92 Å². The van der Waals surface area contributed by atoms with Gasteiger partial charge in [0, 0.05) is 11.4 Å². The molecule has 0 bridgehead atoms. The first-order valence-electron chi connectivity index (χ1n) is 6.48. The number of hydrogen-bond donors (Lipinski definition) is 0. The molecule has 20 heavy (non-hydrogen) atoms. The van der Waals surface area contributed by atoms with Crippen LogP contribution in [-0.2, 0) is 9.53 Å². The summed E-state index contributed by atoms with van der Waals surface area (Å²) in [7, 11) is 0. The number of para-hydroxylation sites is 1. The van der Waals surface area contributed by atoms with Gasteiger partial charge in [-0.15, -0.1) is 10.2 Å². The zero-order valence-electron chi connectivity index (χ0n) is 11.6. The Bertz CT molecular complexity index is 569. The monoisotopic (exact) mass is 291 g/mol. The summed E-state index contributed by atoms with van der Waals surface area (Å²) in [4.78, 5) is 11.3. The summed E-state index contributed by atoms with van der Waals surface area (Å²) < 4.78 is 6.89. The Morgan fingerprint density at radius 1 is 1.30 bits per heavy atom.